The summed E-state index contributed by atoms with van der Waals surface area (Å²) in [6.07, 6.45) is 1.60. The van der Waals surface area contributed by atoms with Crippen LogP contribution in [0.25, 0.3) is 0 Å². The molecule has 1 aliphatic carbocycles. The van der Waals surface area contributed by atoms with E-state index in [1.54, 1.807) is 12.1 Å². The van der Waals surface area contributed by atoms with Gasteiger partial charge in [-0.1, -0.05) is 30.3 Å². The van der Waals surface area contributed by atoms with Crippen LogP contribution in [0.2, 0.25) is 0 Å². The first-order valence-electron chi connectivity index (χ1n) is 6.50. The van der Waals surface area contributed by atoms with Crippen LogP contribution in [0.4, 0.5) is 0 Å². The minimum absolute atomic E-state index is 0.0600. The third kappa shape index (κ3) is 2.17. The molecule has 0 aromatic heterocycles. The van der Waals surface area contributed by atoms with Crippen LogP contribution in [0.15, 0.2) is 42.5 Å². The fraction of sp³-hybridized carbons (Fsp3) is 0.250. The van der Waals surface area contributed by atoms with Gasteiger partial charge < -0.3 is 15.9 Å². The normalized spacial score (nSPS) is 21.9. The molecule has 0 saturated heterocycles. The summed E-state index contributed by atoms with van der Waals surface area (Å²) in [5.41, 5.74) is 9.42. The third-order valence-electron chi connectivity index (χ3n) is 3.83. The van der Waals surface area contributed by atoms with Gasteiger partial charge in [0.15, 0.2) is 11.5 Å². The minimum atomic E-state index is -0.0698. The van der Waals surface area contributed by atoms with Gasteiger partial charge in [-0.25, -0.2) is 0 Å². The lowest BCUT2D eigenvalue weighted by Gasteiger charge is -2.30. The first kappa shape index (κ1) is 12.1. The van der Waals surface area contributed by atoms with Crippen molar-refractivity contribution in [2.75, 3.05) is 0 Å². The number of hydrogen-bond donors (Lipinski definition) is 3. The number of phenolic OH excluding ortho intramolecular Hbond substituents is 2. The number of nitrogens with two attached hydrogens (primary N) is 1. The van der Waals surface area contributed by atoms with Crippen molar-refractivity contribution in [1.82, 2.24) is 0 Å². The Morgan fingerprint density at radius 1 is 1.00 bits per heavy atom. The van der Waals surface area contributed by atoms with Crippen LogP contribution >= 0.6 is 0 Å². The summed E-state index contributed by atoms with van der Waals surface area (Å²) in [7, 11) is 0. The van der Waals surface area contributed by atoms with Crippen LogP contribution in [0, 0.1) is 0 Å². The van der Waals surface area contributed by atoms with Crippen molar-refractivity contribution in [3.63, 3.8) is 0 Å². The maximum atomic E-state index is 9.72. The summed E-state index contributed by atoms with van der Waals surface area (Å²) < 4.78 is 0. The second kappa shape index (κ2) is 4.59. The van der Waals surface area contributed by atoms with Gasteiger partial charge in [0, 0.05) is 12.0 Å². The molecule has 0 bridgehead atoms. The van der Waals surface area contributed by atoms with Gasteiger partial charge in [0.25, 0.3) is 0 Å². The molecule has 1 aliphatic rings. The van der Waals surface area contributed by atoms with Crippen molar-refractivity contribution in [2.24, 2.45) is 5.73 Å². The lowest BCUT2D eigenvalue weighted by atomic mass is 9.77. The number of aromatic hydroxyl groups is 2. The molecule has 3 rings (SSSR count). The Morgan fingerprint density at radius 3 is 2.42 bits per heavy atom. The largest absolute Gasteiger partial charge is 0.504 e. The van der Waals surface area contributed by atoms with E-state index in [9.17, 15) is 10.2 Å². The Morgan fingerprint density at radius 2 is 1.68 bits per heavy atom. The molecule has 0 spiro atoms. The third-order valence-corrected chi connectivity index (χ3v) is 3.83. The van der Waals surface area contributed by atoms with Gasteiger partial charge in [0.1, 0.15) is 0 Å². The molecule has 0 heterocycles. The van der Waals surface area contributed by atoms with Gasteiger partial charge in [0.2, 0.25) is 0 Å². The van der Waals surface area contributed by atoms with E-state index in [4.69, 9.17) is 5.73 Å². The Kier molecular flexibility index (Phi) is 2.91. The lowest BCUT2D eigenvalue weighted by molar-refractivity contribution is 0.399. The van der Waals surface area contributed by atoms with Gasteiger partial charge in [-0.3, -0.25) is 0 Å². The predicted octanol–water partition coefficient (Wildman–Crippen LogP) is 2.50. The van der Waals surface area contributed by atoms with Gasteiger partial charge >= 0.3 is 0 Å². The fourth-order valence-electron chi connectivity index (χ4n) is 2.93. The van der Waals surface area contributed by atoms with E-state index in [0.717, 1.165) is 24.0 Å². The second-order valence-corrected chi connectivity index (χ2v) is 5.20. The molecule has 3 nitrogen and oxygen atoms in total. The molecule has 0 radical (unpaired) electrons. The van der Waals surface area contributed by atoms with Crippen LogP contribution in [0.5, 0.6) is 11.5 Å². The molecule has 2 aromatic rings. The summed E-state index contributed by atoms with van der Waals surface area (Å²) in [5, 5.41) is 19.4. The van der Waals surface area contributed by atoms with Crippen molar-refractivity contribution < 1.29 is 10.2 Å². The maximum Gasteiger partial charge on any atom is 0.157 e. The van der Waals surface area contributed by atoms with Gasteiger partial charge in [-0.2, -0.15) is 0 Å². The quantitative estimate of drug-likeness (QED) is 0.686. The Bertz CT molecular complexity index is 595. The Labute approximate surface area is 112 Å². The summed E-state index contributed by atoms with van der Waals surface area (Å²) in [6.45, 7) is 0. The average Bonchev–Trinajstić information content (AvgIpc) is 2.41. The predicted molar refractivity (Wildman–Crippen MR) is 74.4 cm³/mol. The van der Waals surface area contributed by atoms with Crippen LogP contribution in [-0.2, 0) is 6.42 Å². The lowest BCUT2D eigenvalue weighted by Crippen LogP contribution is -2.30. The van der Waals surface area contributed by atoms with Crippen LogP contribution in [0.3, 0.4) is 0 Å². The maximum absolute atomic E-state index is 9.72. The molecule has 3 heteroatoms. The van der Waals surface area contributed by atoms with Crippen LogP contribution < -0.4 is 5.73 Å². The summed E-state index contributed by atoms with van der Waals surface area (Å²) in [5.74, 6) is 0.0567. The fourth-order valence-corrected chi connectivity index (χ4v) is 2.93. The molecule has 98 valence electrons. The highest BCUT2D eigenvalue weighted by Gasteiger charge is 2.27. The topological polar surface area (TPSA) is 66.5 Å². The Hall–Kier alpha value is -2.00. The molecule has 0 aliphatic heterocycles. The van der Waals surface area contributed by atoms with Gasteiger partial charge in [-0.05, 0) is 41.7 Å². The van der Waals surface area contributed by atoms with E-state index < -0.39 is 0 Å². The Balaban J connectivity index is 2.12. The SMILES string of the molecule is N[C@@H]1Cc2cc(O)c(O)cc2[C@@H](c2ccccc2)C1. The summed E-state index contributed by atoms with van der Waals surface area (Å²) >= 11 is 0. The molecule has 0 amide bonds. The number of fused-ring (bicyclic) bond motifs is 1. The molecule has 0 saturated carbocycles. The second-order valence-electron chi connectivity index (χ2n) is 5.20. The van der Waals surface area contributed by atoms with E-state index in [0.29, 0.717) is 0 Å². The van der Waals surface area contributed by atoms with Crippen molar-refractivity contribution in [3.8, 4) is 11.5 Å². The smallest absolute Gasteiger partial charge is 0.157 e. The highest BCUT2D eigenvalue weighted by molar-refractivity contribution is 5.50. The zero-order valence-electron chi connectivity index (χ0n) is 10.6. The molecule has 4 N–H and O–H groups in total. The van der Waals surface area contributed by atoms with E-state index in [1.165, 1.54) is 5.56 Å². The van der Waals surface area contributed by atoms with Crippen molar-refractivity contribution in [2.45, 2.75) is 24.8 Å². The monoisotopic (exact) mass is 255 g/mol. The van der Waals surface area contributed by atoms with Crippen molar-refractivity contribution in [3.05, 3.63) is 59.2 Å². The zero-order chi connectivity index (χ0) is 13.4. The number of hydrogen-bond acceptors (Lipinski definition) is 3. The summed E-state index contributed by atoms with van der Waals surface area (Å²) in [4.78, 5) is 0. The minimum Gasteiger partial charge on any atom is -0.504 e. The van der Waals surface area contributed by atoms with Crippen molar-refractivity contribution in [1.29, 1.82) is 0 Å². The van der Waals surface area contributed by atoms with E-state index in [2.05, 4.69) is 12.1 Å². The number of rotatable bonds is 1. The molecular weight excluding hydrogens is 238 g/mol. The molecule has 0 unspecified atom stereocenters. The van der Waals surface area contributed by atoms with Crippen LogP contribution in [-0.4, -0.2) is 16.3 Å². The van der Waals surface area contributed by atoms with E-state index in [1.807, 2.05) is 18.2 Å². The first-order valence-corrected chi connectivity index (χ1v) is 6.50. The molecule has 2 aromatic carbocycles. The number of phenols is 2. The van der Waals surface area contributed by atoms with E-state index >= 15 is 0 Å². The van der Waals surface area contributed by atoms with Gasteiger partial charge in [0.05, 0.1) is 0 Å². The standard InChI is InChI=1S/C16H17NO2/c17-12-6-11-7-15(18)16(19)9-14(11)13(8-12)10-4-2-1-3-5-10/h1-5,7,9,12-13,18-19H,6,8,17H2/t12-,13-/m1/s1. The molecule has 2 atom stereocenters. The highest BCUT2D eigenvalue weighted by atomic mass is 16.3. The average molecular weight is 255 g/mol. The zero-order valence-corrected chi connectivity index (χ0v) is 10.6. The van der Waals surface area contributed by atoms with Gasteiger partial charge in [-0.15, -0.1) is 0 Å². The van der Waals surface area contributed by atoms with Crippen molar-refractivity contribution >= 4 is 0 Å². The molecular formula is C16H17NO2. The summed E-state index contributed by atoms with van der Waals surface area (Å²) in [6, 6.07) is 13.6. The molecule has 0 fully saturated rings. The molecule has 19 heavy (non-hydrogen) atoms. The first-order chi connectivity index (χ1) is 9.15. The van der Waals surface area contributed by atoms with E-state index in [-0.39, 0.29) is 23.5 Å². The highest BCUT2D eigenvalue weighted by Crippen LogP contribution is 2.40. The van der Waals surface area contributed by atoms with Crippen LogP contribution in [0.1, 0.15) is 29.0 Å². The number of benzene rings is 2.